The fourth-order valence-electron chi connectivity index (χ4n) is 0.371. The largest absolute Gasteiger partial charge is 0.299 e. The van der Waals surface area contributed by atoms with Crippen molar-refractivity contribution in [3.63, 3.8) is 0 Å². The second-order valence-corrected chi connectivity index (χ2v) is 2.54. The summed E-state index contributed by atoms with van der Waals surface area (Å²) >= 11 is -2.22. The molecule has 0 radical (unpaired) electrons. The van der Waals surface area contributed by atoms with Crippen LogP contribution in [0.5, 0.6) is 0 Å². The van der Waals surface area contributed by atoms with E-state index in [2.05, 4.69) is 0 Å². The molecule has 0 bridgehead atoms. The predicted molar refractivity (Wildman–Crippen MR) is 34.2 cm³/mol. The van der Waals surface area contributed by atoms with Crippen molar-refractivity contribution in [3.8, 4) is 0 Å². The van der Waals surface area contributed by atoms with Crippen LogP contribution in [0.15, 0.2) is 0 Å². The molecule has 0 aliphatic carbocycles. The van der Waals surface area contributed by atoms with Crippen LogP contribution in [-0.2, 0) is 11.3 Å². The molecule has 56 valence electrons. The Bertz CT molecular complexity index is 97.8. The second-order valence-electron chi connectivity index (χ2n) is 1.66. The van der Waals surface area contributed by atoms with Crippen molar-refractivity contribution >= 4 is 11.3 Å². The van der Waals surface area contributed by atoms with Crippen LogP contribution in [0.2, 0.25) is 0 Å². The van der Waals surface area contributed by atoms with Crippen LogP contribution in [0.4, 0.5) is 0 Å². The number of hydroxylamine groups is 1. The highest BCUT2D eigenvalue weighted by Gasteiger charge is 2.03. The van der Waals surface area contributed by atoms with E-state index in [1.807, 2.05) is 6.92 Å². The molecule has 2 N–H and O–H groups in total. The van der Waals surface area contributed by atoms with Gasteiger partial charge in [0.15, 0.2) is 0 Å². The zero-order valence-electron chi connectivity index (χ0n) is 5.28. The fraction of sp³-hybridized carbons (Fsp3) is 1.00. The Labute approximate surface area is 56.9 Å². The molecule has 4 nitrogen and oxygen atoms in total. The predicted octanol–water partition coefficient (Wildman–Crippen LogP) is 0.614. The van der Waals surface area contributed by atoms with Gasteiger partial charge in [-0.25, -0.2) is 4.21 Å². The molecule has 0 saturated heterocycles. The molecular formula is C4H11NO3S. The zero-order valence-corrected chi connectivity index (χ0v) is 6.10. The SMILES string of the molecule is CCCCN(O)S(=O)O. The van der Waals surface area contributed by atoms with E-state index in [0.29, 0.717) is 4.47 Å². The molecule has 0 aromatic rings. The molecule has 0 amide bonds. The Morgan fingerprint density at radius 3 is 2.56 bits per heavy atom. The van der Waals surface area contributed by atoms with Gasteiger partial charge in [0, 0.05) is 6.54 Å². The van der Waals surface area contributed by atoms with Gasteiger partial charge in [-0.15, -0.1) is 0 Å². The standard InChI is InChI=1S/C4H11NO3S/c1-2-3-4-5(6)9(7)8/h6H,2-4H2,1H3,(H,7,8). The maximum Gasteiger partial charge on any atom is 0.258 e. The molecule has 0 spiro atoms. The molecule has 1 unspecified atom stereocenters. The summed E-state index contributed by atoms with van der Waals surface area (Å²) in [5.74, 6) is 0. The highest BCUT2D eigenvalue weighted by atomic mass is 32.2. The van der Waals surface area contributed by atoms with Gasteiger partial charge in [-0.3, -0.25) is 9.76 Å². The van der Waals surface area contributed by atoms with Crippen molar-refractivity contribution in [2.24, 2.45) is 0 Å². The summed E-state index contributed by atoms with van der Waals surface area (Å²) in [4.78, 5) is 0. The van der Waals surface area contributed by atoms with E-state index in [0.717, 1.165) is 12.8 Å². The van der Waals surface area contributed by atoms with Gasteiger partial charge in [0.1, 0.15) is 0 Å². The first kappa shape index (κ1) is 9.03. The first-order valence-corrected chi connectivity index (χ1v) is 3.82. The van der Waals surface area contributed by atoms with Crippen LogP contribution < -0.4 is 0 Å². The smallest absolute Gasteiger partial charge is 0.258 e. The molecule has 0 aliphatic rings. The quantitative estimate of drug-likeness (QED) is 0.459. The van der Waals surface area contributed by atoms with Crippen LogP contribution in [-0.4, -0.2) is 25.0 Å². The monoisotopic (exact) mass is 153 g/mol. The van der Waals surface area contributed by atoms with Crippen LogP contribution in [0.1, 0.15) is 19.8 Å². The number of nitrogens with zero attached hydrogens (tertiary/aromatic N) is 1. The van der Waals surface area contributed by atoms with Gasteiger partial charge in [0.2, 0.25) is 0 Å². The molecule has 0 saturated carbocycles. The normalized spacial score (nSPS) is 14.2. The average molecular weight is 153 g/mol. The third kappa shape index (κ3) is 4.53. The van der Waals surface area contributed by atoms with E-state index < -0.39 is 11.3 Å². The van der Waals surface area contributed by atoms with Gasteiger partial charge in [-0.1, -0.05) is 17.8 Å². The Balaban J connectivity index is 3.27. The highest BCUT2D eigenvalue weighted by molar-refractivity contribution is 7.76. The first-order chi connectivity index (χ1) is 4.18. The van der Waals surface area contributed by atoms with Gasteiger partial charge in [-0.2, -0.15) is 0 Å². The maximum atomic E-state index is 9.99. The van der Waals surface area contributed by atoms with E-state index in [1.54, 1.807) is 0 Å². The Kier molecular flexibility index (Phi) is 4.88. The lowest BCUT2D eigenvalue weighted by molar-refractivity contribution is 0.000829. The van der Waals surface area contributed by atoms with Crippen LogP contribution >= 0.6 is 0 Å². The maximum absolute atomic E-state index is 9.99. The summed E-state index contributed by atoms with van der Waals surface area (Å²) in [6.07, 6.45) is 1.62. The fourth-order valence-corrected chi connectivity index (χ4v) is 0.657. The molecule has 5 heteroatoms. The number of hydrogen-bond donors (Lipinski definition) is 2. The van der Waals surface area contributed by atoms with Gasteiger partial charge < -0.3 is 0 Å². The topological polar surface area (TPSA) is 60.8 Å². The molecule has 0 aliphatic heterocycles. The minimum absolute atomic E-state index is 0.250. The first-order valence-electron chi connectivity index (χ1n) is 2.76. The molecule has 0 heterocycles. The van der Waals surface area contributed by atoms with Gasteiger partial charge >= 0.3 is 0 Å². The lowest BCUT2D eigenvalue weighted by atomic mass is 10.3. The van der Waals surface area contributed by atoms with Crippen molar-refractivity contribution in [2.75, 3.05) is 6.54 Å². The summed E-state index contributed by atoms with van der Waals surface area (Å²) in [5, 5.41) is 8.54. The van der Waals surface area contributed by atoms with Crippen molar-refractivity contribution in [1.29, 1.82) is 0 Å². The van der Waals surface area contributed by atoms with Crippen LogP contribution in [0, 0.1) is 0 Å². The lowest BCUT2D eigenvalue weighted by Gasteiger charge is -2.06. The van der Waals surface area contributed by atoms with E-state index >= 15 is 0 Å². The summed E-state index contributed by atoms with van der Waals surface area (Å²) in [6, 6.07) is 0. The highest BCUT2D eigenvalue weighted by Crippen LogP contribution is 1.91. The molecule has 1 atom stereocenters. The second kappa shape index (κ2) is 4.87. The van der Waals surface area contributed by atoms with Crippen LogP contribution in [0.3, 0.4) is 0 Å². The van der Waals surface area contributed by atoms with Crippen molar-refractivity contribution in [3.05, 3.63) is 0 Å². The third-order valence-corrected chi connectivity index (χ3v) is 1.43. The Morgan fingerprint density at radius 1 is 1.67 bits per heavy atom. The molecule has 0 rings (SSSR count). The third-order valence-electron chi connectivity index (χ3n) is 0.883. The van der Waals surface area contributed by atoms with Gasteiger partial charge in [-0.05, 0) is 6.42 Å². The minimum atomic E-state index is -2.22. The summed E-state index contributed by atoms with van der Waals surface area (Å²) < 4.78 is 18.6. The van der Waals surface area contributed by atoms with Gasteiger partial charge in [0.25, 0.3) is 11.3 Å². The molecule has 0 fully saturated rings. The van der Waals surface area contributed by atoms with Crippen molar-refractivity contribution in [2.45, 2.75) is 19.8 Å². The van der Waals surface area contributed by atoms with E-state index in [-0.39, 0.29) is 6.54 Å². The Morgan fingerprint density at radius 2 is 2.22 bits per heavy atom. The molecule has 0 aromatic carbocycles. The van der Waals surface area contributed by atoms with E-state index in [9.17, 15) is 4.21 Å². The van der Waals surface area contributed by atoms with E-state index in [4.69, 9.17) is 9.76 Å². The summed E-state index contributed by atoms with van der Waals surface area (Å²) in [7, 11) is 0. The summed E-state index contributed by atoms with van der Waals surface area (Å²) in [5.41, 5.74) is 0. The Hall–Kier alpha value is 0.0300. The zero-order chi connectivity index (χ0) is 7.28. The summed E-state index contributed by atoms with van der Waals surface area (Å²) in [6.45, 7) is 2.19. The van der Waals surface area contributed by atoms with Crippen molar-refractivity contribution in [1.82, 2.24) is 4.47 Å². The molecule has 9 heavy (non-hydrogen) atoms. The number of hydrogen-bond acceptors (Lipinski definition) is 2. The number of rotatable bonds is 4. The number of unbranched alkanes of at least 4 members (excludes halogenated alkanes) is 1. The minimum Gasteiger partial charge on any atom is -0.299 e. The van der Waals surface area contributed by atoms with E-state index in [1.165, 1.54) is 0 Å². The molecule has 0 aromatic heterocycles. The lowest BCUT2D eigenvalue weighted by Crippen LogP contribution is -2.22. The molecular weight excluding hydrogens is 142 g/mol. The van der Waals surface area contributed by atoms with Gasteiger partial charge in [0.05, 0.1) is 0 Å². The van der Waals surface area contributed by atoms with Crippen LogP contribution in [0.25, 0.3) is 0 Å². The van der Waals surface area contributed by atoms with Crippen molar-refractivity contribution < 1.29 is 14.0 Å². The average Bonchev–Trinajstić information content (AvgIpc) is 1.82.